The third-order valence-corrected chi connectivity index (χ3v) is 5.54. The summed E-state index contributed by atoms with van der Waals surface area (Å²) in [6.45, 7) is 6.30. The molecule has 2 aromatic rings. The maximum atomic E-state index is 11.7. The summed E-state index contributed by atoms with van der Waals surface area (Å²) >= 11 is 1.51. The molecule has 8 heteroatoms. The van der Waals surface area contributed by atoms with Crippen LogP contribution < -0.4 is 4.72 Å². The molecule has 0 radical (unpaired) electrons. The predicted octanol–water partition coefficient (Wildman–Crippen LogP) is 2.21. The van der Waals surface area contributed by atoms with Crippen molar-refractivity contribution in [2.24, 2.45) is 0 Å². The number of aromatic nitrogens is 3. The number of sulfonamides is 1. The van der Waals surface area contributed by atoms with Crippen LogP contribution in [0.3, 0.4) is 0 Å². The van der Waals surface area contributed by atoms with E-state index in [4.69, 9.17) is 0 Å². The number of unbranched alkanes of at least 4 members (excludes halogenated alkanes) is 1. The molecule has 0 aliphatic rings. The highest BCUT2D eigenvalue weighted by Crippen LogP contribution is 2.17. The fourth-order valence-electron chi connectivity index (χ4n) is 2.07. The van der Waals surface area contributed by atoms with Gasteiger partial charge in [-0.3, -0.25) is 0 Å². The smallest absolute Gasteiger partial charge is 0.211 e. The van der Waals surface area contributed by atoms with Crippen LogP contribution in [0.1, 0.15) is 36.8 Å². The highest BCUT2D eigenvalue weighted by molar-refractivity contribution is 7.89. The average molecular weight is 342 g/mol. The number of nitrogens with one attached hydrogen (secondary N) is 1. The molecule has 0 saturated carbocycles. The summed E-state index contributed by atoms with van der Waals surface area (Å²) in [5.74, 6) is 0.192. The lowest BCUT2D eigenvalue weighted by Crippen LogP contribution is -2.28. The third kappa shape index (κ3) is 4.62. The summed E-state index contributed by atoms with van der Waals surface area (Å²) in [5.41, 5.74) is 2.88. The van der Waals surface area contributed by atoms with Crippen LogP contribution in [0.4, 0.5) is 0 Å². The molecule has 0 aliphatic heterocycles. The van der Waals surface area contributed by atoms with Gasteiger partial charge in [0.2, 0.25) is 15.2 Å². The van der Waals surface area contributed by atoms with Gasteiger partial charge in [-0.2, -0.15) is 5.10 Å². The lowest BCUT2D eigenvalue weighted by atomic mass is 10.3. The first-order valence-electron chi connectivity index (χ1n) is 7.36. The predicted molar refractivity (Wildman–Crippen MR) is 89.1 cm³/mol. The molecule has 22 heavy (non-hydrogen) atoms. The van der Waals surface area contributed by atoms with Gasteiger partial charge in [-0.15, -0.1) is 11.3 Å². The van der Waals surface area contributed by atoms with Crippen molar-refractivity contribution in [1.82, 2.24) is 19.5 Å². The van der Waals surface area contributed by atoms with Crippen molar-refractivity contribution in [3.05, 3.63) is 28.5 Å². The molecule has 2 heterocycles. The standard InChI is InChI=1S/C14H22N4O2S2/c1-4-5-8-22(19,20)15-7-6-13-10-21-14(16-13)18-12(3)9-11(2)17-18/h9-10,15H,4-8H2,1-3H3. The molecule has 0 fully saturated rings. The summed E-state index contributed by atoms with van der Waals surface area (Å²) in [5, 5.41) is 7.16. The minimum atomic E-state index is -3.15. The summed E-state index contributed by atoms with van der Waals surface area (Å²) in [7, 11) is -3.15. The van der Waals surface area contributed by atoms with Crippen LogP contribution in [0.5, 0.6) is 0 Å². The zero-order valence-corrected chi connectivity index (χ0v) is 14.8. The molecule has 122 valence electrons. The van der Waals surface area contributed by atoms with E-state index < -0.39 is 10.0 Å². The highest BCUT2D eigenvalue weighted by atomic mass is 32.2. The molecule has 6 nitrogen and oxygen atoms in total. The van der Waals surface area contributed by atoms with Gasteiger partial charge >= 0.3 is 0 Å². The minimum absolute atomic E-state index is 0.192. The van der Waals surface area contributed by atoms with Crippen LogP contribution in [0, 0.1) is 13.8 Å². The second-order valence-electron chi connectivity index (χ2n) is 5.28. The zero-order valence-electron chi connectivity index (χ0n) is 13.2. The van der Waals surface area contributed by atoms with Crippen molar-refractivity contribution in [3.8, 4) is 5.13 Å². The Labute approximate surface area is 135 Å². The van der Waals surface area contributed by atoms with E-state index in [9.17, 15) is 8.42 Å². The van der Waals surface area contributed by atoms with Crippen LogP contribution >= 0.6 is 11.3 Å². The Morgan fingerprint density at radius 2 is 2.14 bits per heavy atom. The van der Waals surface area contributed by atoms with E-state index in [1.165, 1.54) is 11.3 Å². The Balaban J connectivity index is 1.92. The Bertz CT molecular complexity index is 719. The largest absolute Gasteiger partial charge is 0.223 e. The normalized spacial score (nSPS) is 12.0. The Morgan fingerprint density at radius 1 is 1.36 bits per heavy atom. The van der Waals surface area contributed by atoms with Gasteiger partial charge in [0.25, 0.3) is 0 Å². The molecule has 1 N–H and O–H groups in total. The van der Waals surface area contributed by atoms with Crippen molar-refractivity contribution in [1.29, 1.82) is 0 Å². The Morgan fingerprint density at radius 3 is 2.77 bits per heavy atom. The van der Waals surface area contributed by atoms with Gasteiger partial charge < -0.3 is 0 Å². The van der Waals surface area contributed by atoms with Crippen molar-refractivity contribution in [2.45, 2.75) is 40.0 Å². The van der Waals surface area contributed by atoms with Crippen molar-refractivity contribution >= 4 is 21.4 Å². The van der Waals surface area contributed by atoms with Crippen LogP contribution in [-0.2, 0) is 16.4 Å². The molecule has 2 rings (SSSR count). The first-order valence-corrected chi connectivity index (χ1v) is 9.90. The first-order chi connectivity index (χ1) is 10.4. The Hall–Kier alpha value is -1.25. The monoisotopic (exact) mass is 342 g/mol. The number of hydrogen-bond donors (Lipinski definition) is 1. The van der Waals surface area contributed by atoms with Gasteiger partial charge in [0.1, 0.15) is 0 Å². The number of thiazole rings is 1. The first kappa shape index (κ1) is 17.1. The quantitative estimate of drug-likeness (QED) is 0.798. The molecule has 0 bridgehead atoms. The number of rotatable bonds is 8. The number of hydrogen-bond acceptors (Lipinski definition) is 5. The van der Waals surface area contributed by atoms with Gasteiger partial charge in [-0.25, -0.2) is 22.8 Å². The summed E-state index contributed by atoms with van der Waals surface area (Å²) in [6, 6.07) is 2.00. The van der Waals surface area contributed by atoms with Crippen molar-refractivity contribution in [2.75, 3.05) is 12.3 Å². The second kappa shape index (κ2) is 7.34. The summed E-state index contributed by atoms with van der Waals surface area (Å²) in [4.78, 5) is 4.52. The molecule has 0 aliphatic carbocycles. The summed E-state index contributed by atoms with van der Waals surface area (Å²) < 4.78 is 27.9. The number of aryl methyl sites for hydroxylation is 2. The zero-order chi connectivity index (χ0) is 16.2. The highest BCUT2D eigenvalue weighted by Gasteiger charge is 2.11. The third-order valence-electron chi connectivity index (χ3n) is 3.20. The van der Waals surface area contributed by atoms with Gasteiger partial charge in [0.15, 0.2) is 0 Å². The van der Waals surface area contributed by atoms with E-state index in [0.717, 1.165) is 28.6 Å². The maximum absolute atomic E-state index is 11.7. The van der Waals surface area contributed by atoms with Gasteiger partial charge in [-0.05, 0) is 26.3 Å². The molecule has 0 spiro atoms. The van der Waals surface area contributed by atoms with Crippen molar-refractivity contribution in [3.63, 3.8) is 0 Å². The van der Waals surface area contributed by atoms with E-state index >= 15 is 0 Å². The van der Waals surface area contributed by atoms with Gasteiger partial charge in [0, 0.05) is 24.0 Å². The van der Waals surface area contributed by atoms with Gasteiger partial charge in [0.05, 0.1) is 17.1 Å². The van der Waals surface area contributed by atoms with E-state index in [0.29, 0.717) is 19.4 Å². The van der Waals surface area contributed by atoms with E-state index in [1.54, 1.807) is 0 Å². The fraction of sp³-hybridized carbons (Fsp3) is 0.571. The lowest BCUT2D eigenvalue weighted by Gasteiger charge is -2.04. The SMILES string of the molecule is CCCCS(=O)(=O)NCCc1csc(-n2nc(C)cc2C)n1. The summed E-state index contributed by atoms with van der Waals surface area (Å²) in [6.07, 6.45) is 2.15. The molecule has 2 aromatic heterocycles. The van der Waals surface area contributed by atoms with E-state index in [2.05, 4.69) is 14.8 Å². The van der Waals surface area contributed by atoms with E-state index in [-0.39, 0.29) is 5.75 Å². The fourth-order valence-corrected chi connectivity index (χ4v) is 4.16. The van der Waals surface area contributed by atoms with E-state index in [1.807, 2.05) is 36.9 Å². The molecular weight excluding hydrogens is 320 g/mol. The van der Waals surface area contributed by atoms with Crippen LogP contribution in [-0.4, -0.2) is 35.5 Å². The van der Waals surface area contributed by atoms with Crippen molar-refractivity contribution < 1.29 is 8.42 Å². The molecule has 0 unspecified atom stereocenters. The molecular formula is C14H22N4O2S2. The van der Waals surface area contributed by atoms with Crippen LogP contribution in [0.15, 0.2) is 11.4 Å². The Kier molecular flexibility index (Phi) is 5.71. The van der Waals surface area contributed by atoms with Gasteiger partial charge in [-0.1, -0.05) is 13.3 Å². The minimum Gasteiger partial charge on any atom is -0.223 e. The maximum Gasteiger partial charge on any atom is 0.211 e. The molecule has 0 saturated heterocycles. The average Bonchev–Trinajstić information content (AvgIpc) is 3.03. The lowest BCUT2D eigenvalue weighted by molar-refractivity contribution is 0.578. The molecule has 0 amide bonds. The van der Waals surface area contributed by atoms with Crippen LogP contribution in [0.2, 0.25) is 0 Å². The second-order valence-corrected chi connectivity index (χ2v) is 8.04. The topological polar surface area (TPSA) is 76.9 Å². The number of nitrogens with zero attached hydrogens (tertiary/aromatic N) is 3. The molecule has 0 aromatic carbocycles. The van der Waals surface area contributed by atoms with Crippen LogP contribution in [0.25, 0.3) is 5.13 Å². The molecule has 0 atom stereocenters.